The molecule has 0 atom stereocenters. The van der Waals surface area contributed by atoms with Gasteiger partial charge < -0.3 is 5.73 Å². The van der Waals surface area contributed by atoms with E-state index < -0.39 is 0 Å². The molecule has 0 saturated carbocycles. The highest BCUT2D eigenvalue weighted by molar-refractivity contribution is 6.30. The molecule has 2 aromatic heterocycles. The van der Waals surface area contributed by atoms with Crippen LogP contribution in [0.5, 0.6) is 0 Å². The van der Waals surface area contributed by atoms with Gasteiger partial charge in [-0.05, 0) is 35.9 Å². The van der Waals surface area contributed by atoms with Gasteiger partial charge in [-0.25, -0.2) is 9.67 Å². The van der Waals surface area contributed by atoms with Gasteiger partial charge in [-0.15, -0.1) is 0 Å². The highest BCUT2D eigenvalue weighted by atomic mass is 35.5. The van der Waals surface area contributed by atoms with Crippen molar-refractivity contribution >= 4 is 40.1 Å². The Morgan fingerprint density at radius 3 is 2.50 bits per heavy atom. The topological polar surface area (TPSA) is 69.6 Å². The highest BCUT2D eigenvalue weighted by Gasteiger charge is 2.11. The minimum absolute atomic E-state index is 0.0933. The number of anilines is 1. The summed E-state index contributed by atoms with van der Waals surface area (Å²) in [6, 6.07) is 7.22. The van der Waals surface area contributed by atoms with Crippen LogP contribution in [0.2, 0.25) is 10.3 Å². The monoisotopic (exact) mass is 279 g/mol. The molecular formula is C11H7Cl2N5. The first-order valence-corrected chi connectivity index (χ1v) is 5.83. The number of hydrogen-bond donors (Lipinski definition) is 1. The van der Waals surface area contributed by atoms with E-state index in [-0.39, 0.29) is 5.28 Å². The lowest BCUT2D eigenvalue weighted by molar-refractivity contribution is 0.895. The van der Waals surface area contributed by atoms with Crippen LogP contribution in [-0.4, -0.2) is 19.7 Å². The van der Waals surface area contributed by atoms with Crippen molar-refractivity contribution in [1.82, 2.24) is 19.7 Å². The van der Waals surface area contributed by atoms with E-state index in [1.54, 1.807) is 23.0 Å². The first kappa shape index (κ1) is 11.3. The standard InChI is InChI=1S/C11H7Cl2N5/c12-6-1-3-7(4-2-6)18-10-8(5-15-18)9(14)16-11(13)17-10/h1-5H,(H2,14,16,17). The zero-order valence-electron chi connectivity index (χ0n) is 9.01. The predicted octanol–water partition coefficient (Wildman–Crippen LogP) is 2.70. The molecule has 0 aliphatic heterocycles. The van der Waals surface area contributed by atoms with Crippen molar-refractivity contribution in [2.24, 2.45) is 0 Å². The number of rotatable bonds is 1. The SMILES string of the molecule is Nc1nc(Cl)nc2c1cnn2-c1ccc(Cl)cc1. The molecule has 3 rings (SSSR count). The van der Waals surface area contributed by atoms with E-state index in [0.717, 1.165) is 5.69 Å². The molecule has 0 aliphatic rings. The fraction of sp³-hybridized carbons (Fsp3) is 0. The maximum absolute atomic E-state index is 5.85. The van der Waals surface area contributed by atoms with Crippen LogP contribution in [-0.2, 0) is 0 Å². The van der Waals surface area contributed by atoms with E-state index in [4.69, 9.17) is 28.9 Å². The molecule has 7 heteroatoms. The molecule has 90 valence electrons. The molecule has 0 radical (unpaired) electrons. The number of nitrogens with two attached hydrogens (primary N) is 1. The summed E-state index contributed by atoms with van der Waals surface area (Å²) in [5.74, 6) is 0.310. The van der Waals surface area contributed by atoms with Crippen molar-refractivity contribution in [3.8, 4) is 5.69 Å². The van der Waals surface area contributed by atoms with Crippen LogP contribution in [0.4, 0.5) is 5.82 Å². The van der Waals surface area contributed by atoms with Crippen LogP contribution in [0, 0.1) is 0 Å². The molecule has 0 aliphatic carbocycles. The number of hydrogen-bond acceptors (Lipinski definition) is 4. The first-order chi connectivity index (χ1) is 8.65. The summed E-state index contributed by atoms with van der Waals surface area (Å²) in [7, 11) is 0. The van der Waals surface area contributed by atoms with E-state index in [9.17, 15) is 0 Å². The van der Waals surface area contributed by atoms with Crippen LogP contribution in [0.25, 0.3) is 16.7 Å². The third-order valence-electron chi connectivity index (χ3n) is 2.50. The second-order valence-corrected chi connectivity index (χ2v) is 4.42. The molecule has 1 aromatic carbocycles. The Balaban J connectivity index is 2.27. The van der Waals surface area contributed by atoms with E-state index in [0.29, 0.717) is 21.9 Å². The summed E-state index contributed by atoms with van der Waals surface area (Å²) in [5, 5.41) is 5.64. The minimum Gasteiger partial charge on any atom is -0.383 e. The average molecular weight is 280 g/mol. The summed E-state index contributed by atoms with van der Waals surface area (Å²) in [5.41, 5.74) is 7.15. The lowest BCUT2D eigenvalue weighted by atomic mass is 10.3. The van der Waals surface area contributed by atoms with Crippen LogP contribution in [0.15, 0.2) is 30.5 Å². The Kier molecular flexibility index (Phi) is 2.57. The number of halogens is 2. The maximum Gasteiger partial charge on any atom is 0.226 e. The van der Waals surface area contributed by atoms with Gasteiger partial charge in [-0.3, -0.25) is 0 Å². The fourth-order valence-corrected chi connectivity index (χ4v) is 1.97. The number of aromatic nitrogens is 4. The van der Waals surface area contributed by atoms with Gasteiger partial charge in [0.05, 0.1) is 17.3 Å². The van der Waals surface area contributed by atoms with Crippen LogP contribution in [0.1, 0.15) is 0 Å². The fourth-order valence-electron chi connectivity index (χ4n) is 1.67. The van der Waals surface area contributed by atoms with Gasteiger partial charge >= 0.3 is 0 Å². The van der Waals surface area contributed by atoms with Crippen molar-refractivity contribution in [1.29, 1.82) is 0 Å². The zero-order valence-corrected chi connectivity index (χ0v) is 10.5. The molecule has 2 heterocycles. The van der Waals surface area contributed by atoms with Crippen LogP contribution >= 0.6 is 23.2 Å². The maximum atomic E-state index is 5.85. The van der Waals surface area contributed by atoms with Gasteiger partial charge in [-0.1, -0.05) is 11.6 Å². The normalized spacial score (nSPS) is 11.0. The Morgan fingerprint density at radius 2 is 1.78 bits per heavy atom. The van der Waals surface area contributed by atoms with Gasteiger partial charge in [0, 0.05) is 5.02 Å². The number of nitrogens with zero attached hydrogens (tertiary/aromatic N) is 4. The Bertz CT molecular complexity index is 720. The third-order valence-corrected chi connectivity index (χ3v) is 2.92. The minimum atomic E-state index is 0.0933. The summed E-state index contributed by atoms with van der Waals surface area (Å²) in [6.07, 6.45) is 1.61. The molecule has 3 aromatic rings. The number of fused-ring (bicyclic) bond motifs is 1. The van der Waals surface area contributed by atoms with Crippen molar-refractivity contribution in [3.63, 3.8) is 0 Å². The van der Waals surface area contributed by atoms with E-state index in [2.05, 4.69) is 15.1 Å². The van der Waals surface area contributed by atoms with Gasteiger partial charge in [0.2, 0.25) is 5.28 Å². The molecule has 0 amide bonds. The Labute approximate surface area is 112 Å². The first-order valence-electron chi connectivity index (χ1n) is 5.08. The summed E-state index contributed by atoms with van der Waals surface area (Å²) < 4.78 is 1.63. The second-order valence-electron chi connectivity index (χ2n) is 3.65. The molecule has 0 saturated heterocycles. The van der Waals surface area contributed by atoms with Gasteiger partial charge in [0.1, 0.15) is 5.82 Å². The largest absolute Gasteiger partial charge is 0.383 e. The molecule has 0 unspecified atom stereocenters. The summed E-state index contributed by atoms with van der Waals surface area (Å²) in [6.45, 7) is 0. The van der Waals surface area contributed by atoms with Crippen molar-refractivity contribution in [2.75, 3.05) is 5.73 Å². The summed E-state index contributed by atoms with van der Waals surface area (Å²) >= 11 is 11.6. The second kappa shape index (κ2) is 4.12. The number of benzene rings is 1. The Morgan fingerprint density at radius 1 is 1.06 bits per heavy atom. The molecule has 0 fully saturated rings. The molecule has 5 nitrogen and oxygen atoms in total. The van der Waals surface area contributed by atoms with Crippen molar-refractivity contribution < 1.29 is 0 Å². The van der Waals surface area contributed by atoms with Gasteiger partial charge in [-0.2, -0.15) is 10.1 Å². The highest BCUT2D eigenvalue weighted by Crippen LogP contribution is 2.22. The van der Waals surface area contributed by atoms with Crippen molar-refractivity contribution in [2.45, 2.75) is 0 Å². The van der Waals surface area contributed by atoms with Gasteiger partial charge in [0.25, 0.3) is 0 Å². The number of nitrogen functional groups attached to an aromatic ring is 1. The van der Waals surface area contributed by atoms with E-state index >= 15 is 0 Å². The molecule has 2 N–H and O–H groups in total. The summed E-state index contributed by atoms with van der Waals surface area (Å²) in [4.78, 5) is 8.02. The average Bonchev–Trinajstić information content (AvgIpc) is 2.74. The lowest BCUT2D eigenvalue weighted by Crippen LogP contribution is -1.99. The molecule has 18 heavy (non-hydrogen) atoms. The third kappa shape index (κ3) is 1.77. The smallest absolute Gasteiger partial charge is 0.226 e. The predicted molar refractivity (Wildman–Crippen MR) is 71.1 cm³/mol. The lowest BCUT2D eigenvalue weighted by Gasteiger charge is -2.03. The molecular weight excluding hydrogens is 273 g/mol. The van der Waals surface area contributed by atoms with Gasteiger partial charge in [0.15, 0.2) is 5.65 Å². The quantitative estimate of drug-likeness (QED) is 0.696. The molecule has 0 spiro atoms. The van der Waals surface area contributed by atoms with E-state index in [1.807, 2.05) is 12.1 Å². The zero-order chi connectivity index (χ0) is 12.7. The Hall–Kier alpha value is -1.85. The van der Waals surface area contributed by atoms with Crippen molar-refractivity contribution in [3.05, 3.63) is 40.8 Å². The van der Waals surface area contributed by atoms with Crippen LogP contribution in [0.3, 0.4) is 0 Å². The molecule has 0 bridgehead atoms. The van der Waals surface area contributed by atoms with E-state index in [1.165, 1.54) is 0 Å². The van der Waals surface area contributed by atoms with Crippen LogP contribution < -0.4 is 5.73 Å².